The third-order valence-corrected chi connectivity index (χ3v) is 9.79. The number of imide groups is 1. The van der Waals surface area contributed by atoms with Crippen molar-refractivity contribution in [3.05, 3.63) is 42.0 Å². The number of hydrogen-bond donors (Lipinski definition) is 7. The third kappa shape index (κ3) is 17.5. The Morgan fingerprint density at radius 1 is 0.789 bits per heavy atom. The molecule has 57 heavy (non-hydrogen) atoms. The molecule has 1 aliphatic heterocycles. The van der Waals surface area contributed by atoms with E-state index < -0.39 is 81.4 Å². The summed E-state index contributed by atoms with van der Waals surface area (Å²) in [6.45, 7) is 9.02. The van der Waals surface area contributed by atoms with Crippen LogP contribution in [-0.4, -0.2) is 102 Å². The number of nitrogens with zero attached hydrogens (tertiary/aromatic N) is 1. The van der Waals surface area contributed by atoms with Crippen LogP contribution >= 0.6 is 0 Å². The van der Waals surface area contributed by atoms with E-state index in [9.17, 15) is 51.3 Å². The molecule has 0 fully saturated rings. The number of ether oxygens (including phenoxy) is 1. The first kappa shape index (κ1) is 47.8. The number of carbonyl (C=O) groups is 8. The molecule has 2 rings (SSSR count). The number of nitrogens with one attached hydrogen (secondary N) is 5. The average Bonchev–Trinajstić information content (AvgIpc) is 3.45. The van der Waals surface area contributed by atoms with E-state index in [4.69, 9.17) is 10.5 Å². The first-order valence-electron chi connectivity index (χ1n) is 18.7. The van der Waals surface area contributed by atoms with Crippen LogP contribution in [0.3, 0.4) is 0 Å². The van der Waals surface area contributed by atoms with Gasteiger partial charge in [0.2, 0.25) is 23.6 Å². The molecule has 0 saturated carbocycles. The summed E-state index contributed by atoms with van der Waals surface area (Å²) in [6, 6.07) is 1.34. The second kappa shape index (κ2) is 23.0. The number of hydrogen-bond acceptors (Lipinski definition) is 11. The van der Waals surface area contributed by atoms with Gasteiger partial charge in [0.1, 0.15) is 30.5 Å². The number of benzene rings is 1. The minimum atomic E-state index is -4.80. The van der Waals surface area contributed by atoms with E-state index >= 15 is 0 Å². The van der Waals surface area contributed by atoms with Crippen molar-refractivity contribution in [2.45, 2.75) is 97.9 Å². The Morgan fingerprint density at radius 3 is 1.98 bits per heavy atom. The fourth-order valence-corrected chi connectivity index (χ4v) is 6.01. The zero-order valence-electron chi connectivity index (χ0n) is 32.9. The number of carbonyl (C=O) groups excluding carboxylic acids is 8. The van der Waals surface area contributed by atoms with E-state index in [0.717, 1.165) is 17.1 Å². The lowest BCUT2D eigenvalue weighted by molar-refractivity contribution is -0.150. The van der Waals surface area contributed by atoms with Crippen LogP contribution in [0.2, 0.25) is 0 Å². The van der Waals surface area contributed by atoms with Gasteiger partial charge in [-0.3, -0.25) is 43.0 Å². The highest BCUT2D eigenvalue weighted by molar-refractivity contribution is 7.85. The SMILES string of the molecule is CC(C)C(C)C(=O)OCc1ccc(NC(=O)[C@H](CCCNC(N)=O)NC(=O)C(NC(=O)[C@H](CS(=O)(=O)O)NC(=O)CCCCCN2C(=O)C=CC2=O)C(C)C)cc1. The zero-order chi connectivity index (χ0) is 42.9. The topological polar surface area (TPSA) is 290 Å². The summed E-state index contributed by atoms with van der Waals surface area (Å²) in [5.74, 6) is -6.48. The summed E-state index contributed by atoms with van der Waals surface area (Å²) in [4.78, 5) is 101. The fourth-order valence-electron chi connectivity index (χ4n) is 5.35. The smallest absolute Gasteiger partial charge is 0.312 e. The molecule has 0 aliphatic carbocycles. The molecule has 316 valence electrons. The van der Waals surface area contributed by atoms with Gasteiger partial charge in [0.25, 0.3) is 21.9 Å². The number of amides is 8. The van der Waals surface area contributed by atoms with Crippen molar-refractivity contribution in [3.63, 3.8) is 0 Å². The van der Waals surface area contributed by atoms with Gasteiger partial charge in [-0.2, -0.15) is 8.42 Å². The maximum Gasteiger partial charge on any atom is 0.312 e. The minimum absolute atomic E-state index is 0.0155. The molecular formula is C37H55N7O12S. The molecule has 19 nitrogen and oxygen atoms in total. The average molecular weight is 822 g/mol. The molecule has 0 radical (unpaired) electrons. The van der Waals surface area contributed by atoms with E-state index in [2.05, 4.69) is 26.6 Å². The molecule has 1 heterocycles. The lowest BCUT2D eigenvalue weighted by Crippen LogP contribution is -2.59. The second-order valence-electron chi connectivity index (χ2n) is 14.4. The Labute approximate surface area is 332 Å². The summed E-state index contributed by atoms with van der Waals surface area (Å²) in [5, 5.41) is 12.4. The van der Waals surface area contributed by atoms with Gasteiger partial charge >= 0.3 is 12.0 Å². The summed E-state index contributed by atoms with van der Waals surface area (Å²) in [6.07, 6.45) is 3.47. The van der Waals surface area contributed by atoms with Crippen molar-refractivity contribution >= 4 is 63.2 Å². The van der Waals surface area contributed by atoms with E-state index in [0.29, 0.717) is 24.1 Å². The number of anilines is 1. The zero-order valence-corrected chi connectivity index (χ0v) is 33.7. The number of rotatable bonds is 24. The molecule has 2 unspecified atom stereocenters. The van der Waals surface area contributed by atoms with E-state index in [-0.39, 0.29) is 63.2 Å². The van der Waals surface area contributed by atoms with Crippen molar-refractivity contribution in [1.82, 2.24) is 26.2 Å². The molecule has 0 saturated heterocycles. The van der Waals surface area contributed by atoms with Crippen LogP contribution in [0.4, 0.5) is 10.5 Å². The first-order chi connectivity index (χ1) is 26.7. The maximum atomic E-state index is 13.6. The van der Waals surface area contributed by atoms with Gasteiger partial charge in [-0.1, -0.05) is 53.2 Å². The van der Waals surface area contributed by atoms with Crippen LogP contribution < -0.4 is 32.3 Å². The predicted octanol–water partition coefficient (Wildman–Crippen LogP) is 0.893. The molecule has 0 bridgehead atoms. The Balaban J connectivity index is 2.09. The van der Waals surface area contributed by atoms with Gasteiger partial charge in [0.15, 0.2) is 0 Å². The lowest BCUT2D eigenvalue weighted by atomic mass is 9.99. The quantitative estimate of drug-likeness (QED) is 0.0331. The lowest BCUT2D eigenvalue weighted by Gasteiger charge is -2.27. The number of urea groups is 1. The molecule has 20 heteroatoms. The van der Waals surface area contributed by atoms with Crippen LogP contribution in [0.1, 0.15) is 78.7 Å². The van der Waals surface area contributed by atoms with Gasteiger partial charge < -0.3 is 37.1 Å². The molecule has 0 aromatic heterocycles. The summed E-state index contributed by atoms with van der Waals surface area (Å²) in [5.41, 5.74) is 6.16. The van der Waals surface area contributed by atoms with Crippen molar-refractivity contribution in [3.8, 4) is 0 Å². The van der Waals surface area contributed by atoms with Crippen molar-refractivity contribution in [2.24, 2.45) is 23.5 Å². The van der Waals surface area contributed by atoms with Crippen LogP contribution in [0, 0.1) is 17.8 Å². The van der Waals surface area contributed by atoms with Crippen molar-refractivity contribution in [2.75, 3.05) is 24.2 Å². The first-order valence-corrected chi connectivity index (χ1v) is 20.3. The monoisotopic (exact) mass is 821 g/mol. The molecule has 1 aromatic carbocycles. The largest absolute Gasteiger partial charge is 0.461 e. The maximum absolute atomic E-state index is 13.6. The van der Waals surface area contributed by atoms with E-state index in [1.807, 2.05) is 13.8 Å². The summed E-state index contributed by atoms with van der Waals surface area (Å²) >= 11 is 0. The molecule has 4 atom stereocenters. The standard InChI is InChI=1S/C37H55N7O12S/c1-22(2)24(5)36(51)56-20-25-12-14-26(15-13-25)40-33(48)27(10-9-18-39-37(38)52)42-35(50)32(23(3)4)43-34(49)28(21-57(53,54)55)41-29(45)11-7-6-8-19-44-30(46)16-17-31(44)47/h12-17,22-24,27-28,32H,6-11,18-21H2,1-5H3,(H,40,48)(H,41,45)(H,42,50)(H,43,49)(H3,38,39,52)(H,53,54,55)/t24?,27-,28-,32?/m0/s1. The highest BCUT2D eigenvalue weighted by Crippen LogP contribution is 2.16. The van der Waals surface area contributed by atoms with Crippen molar-refractivity contribution in [1.29, 1.82) is 0 Å². The third-order valence-electron chi connectivity index (χ3n) is 9.04. The molecular weight excluding hydrogens is 767 g/mol. The van der Waals surface area contributed by atoms with Crippen LogP contribution in [-0.2, 0) is 55.0 Å². The molecule has 8 amide bonds. The molecule has 1 aliphatic rings. The normalized spacial score (nSPS) is 14.8. The molecule has 1 aromatic rings. The second-order valence-corrected chi connectivity index (χ2v) is 15.9. The number of primary amides is 1. The number of nitrogens with two attached hydrogens (primary N) is 1. The number of unbranched alkanes of at least 4 members (excludes halogenated alkanes) is 2. The van der Waals surface area contributed by atoms with Crippen LogP contribution in [0.5, 0.6) is 0 Å². The number of esters is 1. The summed E-state index contributed by atoms with van der Waals surface area (Å²) in [7, 11) is -4.80. The van der Waals surface area contributed by atoms with Crippen LogP contribution in [0.15, 0.2) is 36.4 Å². The Kier molecular flexibility index (Phi) is 19.3. The Morgan fingerprint density at radius 2 is 1.42 bits per heavy atom. The molecule has 8 N–H and O–H groups in total. The van der Waals surface area contributed by atoms with Crippen LogP contribution in [0.25, 0.3) is 0 Å². The van der Waals surface area contributed by atoms with Gasteiger partial charge in [-0.25, -0.2) is 4.79 Å². The van der Waals surface area contributed by atoms with Gasteiger partial charge in [-0.15, -0.1) is 0 Å². The van der Waals surface area contributed by atoms with Gasteiger partial charge in [-0.05, 0) is 55.2 Å². The predicted molar refractivity (Wildman–Crippen MR) is 207 cm³/mol. The Hall–Kier alpha value is -5.37. The highest BCUT2D eigenvalue weighted by atomic mass is 32.2. The fraction of sp³-hybridized carbons (Fsp3) is 0.568. The minimum Gasteiger partial charge on any atom is -0.461 e. The summed E-state index contributed by atoms with van der Waals surface area (Å²) < 4.78 is 38.5. The van der Waals surface area contributed by atoms with E-state index in [1.165, 1.54) is 0 Å². The van der Waals surface area contributed by atoms with Crippen molar-refractivity contribution < 1.29 is 56.1 Å². The van der Waals surface area contributed by atoms with Gasteiger partial charge in [0, 0.05) is 37.3 Å². The van der Waals surface area contributed by atoms with Gasteiger partial charge in [0.05, 0.1) is 5.92 Å². The molecule has 0 spiro atoms. The Bertz CT molecular complexity index is 1730. The highest BCUT2D eigenvalue weighted by Gasteiger charge is 2.33. The van der Waals surface area contributed by atoms with E-state index in [1.54, 1.807) is 45.0 Å².